The van der Waals surface area contributed by atoms with Crippen molar-refractivity contribution >= 4 is 27.7 Å². The van der Waals surface area contributed by atoms with Crippen molar-refractivity contribution in [1.29, 1.82) is 0 Å². The Bertz CT molecular complexity index is 435. The van der Waals surface area contributed by atoms with Crippen LogP contribution in [0.1, 0.15) is 15.9 Å². The summed E-state index contributed by atoms with van der Waals surface area (Å²) in [6, 6.07) is 5.11. The van der Waals surface area contributed by atoms with Gasteiger partial charge >= 0.3 is 5.97 Å². The third-order valence-electron chi connectivity index (χ3n) is 1.82. The zero-order valence-corrected chi connectivity index (χ0v) is 9.61. The summed E-state index contributed by atoms with van der Waals surface area (Å²) < 4.78 is 0.918. The number of carboxylic acids is 1. The Morgan fingerprint density at radius 2 is 2.00 bits per heavy atom. The van der Waals surface area contributed by atoms with E-state index in [9.17, 15) is 9.59 Å². The third-order valence-corrected chi connectivity index (χ3v) is 2.71. The van der Waals surface area contributed by atoms with Crippen molar-refractivity contribution in [1.82, 2.24) is 0 Å². The monoisotopic (exact) mass is 268 g/mol. The zero-order valence-electron chi connectivity index (χ0n) is 8.03. The molecule has 0 aliphatic heterocycles. The van der Waals surface area contributed by atoms with Crippen molar-refractivity contribution in [2.75, 3.05) is 0 Å². The molecule has 0 aromatic heterocycles. The summed E-state index contributed by atoms with van der Waals surface area (Å²) in [5.41, 5.74) is 1.41. The van der Waals surface area contributed by atoms with Gasteiger partial charge in [-0.3, -0.25) is 4.79 Å². The fourth-order valence-electron chi connectivity index (χ4n) is 1.04. The van der Waals surface area contributed by atoms with Crippen molar-refractivity contribution in [2.45, 2.75) is 6.92 Å². The maximum atomic E-state index is 11.4. The van der Waals surface area contributed by atoms with Gasteiger partial charge in [-0.15, -0.1) is 0 Å². The lowest BCUT2D eigenvalue weighted by molar-refractivity contribution is -0.131. The summed E-state index contributed by atoms with van der Waals surface area (Å²) in [6.45, 7) is 1.86. The van der Waals surface area contributed by atoms with E-state index in [2.05, 4.69) is 15.9 Å². The molecule has 0 atom stereocenters. The van der Waals surface area contributed by atoms with Gasteiger partial charge in [0.25, 0.3) is 0 Å². The Hall–Kier alpha value is -1.42. The second-order valence-corrected chi connectivity index (χ2v) is 3.85. The lowest BCUT2D eigenvalue weighted by atomic mass is 10.1. The molecule has 0 fully saturated rings. The highest BCUT2D eigenvalue weighted by atomic mass is 79.9. The minimum absolute atomic E-state index is 0.312. The first kappa shape index (κ1) is 11.7. The van der Waals surface area contributed by atoms with E-state index in [1.165, 1.54) is 0 Å². The van der Waals surface area contributed by atoms with Crippen molar-refractivity contribution in [3.63, 3.8) is 0 Å². The van der Waals surface area contributed by atoms with E-state index < -0.39 is 5.97 Å². The molecule has 0 unspecified atom stereocenters. The van der Waals surface area contributed by atoms with Crippen LogP contribution < -0.4 is 0 Å². The predicted octanol–water partition coefficient (Wildman–Crippen LogP) is 2.58. The number of aliphatic carboxylic acids is 1. The van der Waals surface area contributed by atoms with Gasteiger partial charge in [0.2, 0.25) is 0 Å². The lowest BCUT2D eigenvalue weighted by Crippen LogP contribution is -1.97. The summed E-state index contributed by atoms with van der Waals surface area (Å²) >= 11 is 3.32. The molecule has 0 saturated heterocycles. The van der Waals surface area contributed by atoms with E-state index in [4.69, 9.17) is 5.11 Å². The molecule has 0 bridgehead atoms. The fraction of sp³-hybridized carbons (Fsp3) is 0.0909. The minimum Gasteiger partial charge on any atom is -0.478 e. The van der Waals surface area contributed by atoms with E-state index in [-0.39, 0.29) is 5.78 Å². The average Bonchev–Trinajstić information content (AvgIpc) is 2.18. The van der Waals surface area contributed by atoms with Crippen LogP contribution in [0, 0.1) is 6.92 Å². The van der Waals surface area contributed by atoms with Crippen molar-refractivity contribution in [3.8, 4) is 0 Å². The van der Waals surface area contributed by atoms with Gasteiger partial charge in [0.05, 0.1) is 0 Å². The molecule has 1 rings (SSSR count). The van der Waals surface area contributed by atoms with E-state index >= 15 is 0 Å². The van der Waals surface area contributed by atoms with Crippen LogP contribution in [0.2, 0.25) is 0 Å². The summed E-state index contributed by atoms with van der Waals surface area (Å²) in [6.07, 6.45) is 1.88. The first-order chi connectivity index (χ1) is 7.00. The molecule has 1 aromatic rings. The van der Waals surface area contributed by atoms with Gasteiger partial charge in [0, 0.05) is 16.1 Å². The van der Waals surface area contributed by atoms with Gasteiger partial charge in [0.15, 0.2) is 5.78 Å². The molecule has 15 heavy (non-hydrogen) atoms. The number of hydrogen-bond donors (Lipinski definition) is 1. The Morgan fingerprint density at radius 1 is 1.33 bits per heavy atom. The molecule has 3 nitrogen and oxygen atoms in total. The van der Waals surface area contributed by atoms with Gasteiger partial charge in [-0.25, -0.2) is 4.79 Å². The largest absolute Gasteiger partial charge is 0.478 e. The standard InChI is InChI=1S/C11H9BrO3/c1-7-6-8(2-3-9(7)12)10(13)4-5-11(14)15/h2-6H,1H3,(H,14,15)/b5-4+. The molecule has 0 radical (unpaired) electrons. The zero-order chi connectivity index (χ0) is 11.4. The Kier molecular flexibility index (Phi) is 3.80. The highest BCUT2D eigenvalue weighted by Gasteiger charge is 2.04. The number of rotatable bonds is 3. The topological polar surface area (TPSA) is 54.4 Å². The summed E-state index contributed by atoms with van der Waals surface area (Å²) in [4.78, 5) is 21.7. The maximum absolute atomic E-state index is 11.4. The summed E-state index contributed by atoms with van der Waals surface area (Å²) in [7, 11) is 0. The molecule has 0 spiro atoms. The smallest absolute Gasteiger partial charge is 0.328 e. The van der Waals surface area contributed by atoms with E-state index in [1.54, 1.807) is 18.2 Å². The average molecular weight is 269 g/mol. The predicted molar refractivity (Wildman–Crippen MR) is 60.0 cm³/mol. The molecule has 0 amide bonds. The third kappa shape index (κ3) is 3.32. The molecule has 0 saturated carbocycles. The first-order valence-corrected chi connectivity index (χ1v) is 5.01. The normalized spacial score (nSPS) is 10.5. The number of carbonyl (C=O) groups is 2. The number of allylic oxidation sites excluding steroid dienone is 1. The van der Waals surface area contributed by atoms with Crippen LogP contribution in [0.5, 0.6) is 0 Å². The highest BCUT2D eigenvalue weighted by Crippen LogP contribution is 2.17. The van der Waals surface area contributed by atoms with E-state index in [0.29, 0.717) is 5.56 Å². The van der Waals surface area contributed by atoms with Crippen LogP contribution >= 0.6 is 15.9 Å². The molecule has 1 aromatic carbocycles. The van der Waals surface area contributed by atoms with Crippen LogP contribution in [-0.4, -0.2) is 16.9 Å². The number of hydrogen-bond acceptors (Lipinski definition) is 2. The molecular weight excluding hydrogens is 260 g/mol. The van der Waals surface area contributed by atoms with Gasteiger partial charge in [-0.1, -0.05) is 15.9 Å². The molecule has 0 heterocycles. The highest BCUT2D eigenvalue weighted by molar-refractivity contribution is 9.10. The van der Waals surface area contributed by atoms with Gasteiger partial charge in [-0.05, 0) is 36.8 Å². The van der Waals surface area contributed by atoms with Gasteiger partial charge in [-0.2, -0.15) is 0 Å². The summed E-state index contributed by atoms with van der Waals surface area (Å²) in [5.74, 6) is -1.44. The van der Waals surface area contributed by atoms with Crippen molar-refractivity contribution < 1.29 is 14.7 Å². The Labute approximate surface area is 95.6 Å². The number of carboxylic acid groups (broad SMARTS) is 1. The van der Waals surface area contributed by atoms with Crippen molar-refractivity contribution in [2.24, 2.45) is 0 Å². The van der Waals surface area contributed by atoms with Gasteiger partial charge < -0.3 is 5.11 Å². The van der Waals surface area contributed by atoms with Crippen LogP contribution in [0.3, 0.4) is 0 Å². The number of halogens is 1. The van der Waals surface area contributed by atoms with Gasteiger partial charge in [0.1, 0.15) is 0 Å². The fourth-order valence-corrected chi connectivity index (χ4v) is 1.29. The van der Waals surface area contributed by atoms with E-state index in [1.807, 2.05) is 6.92 Å². The molecule has 78 valence electrons. The minimum atomic E-state index is -1.13. The van der Waals surface area contributed by atoms with E-state index in [0.717, 1.165) is 22.2 Å². The SMILES string of the molecule is Cc1cc(C(=O)/C=C/C(=O)O)ccc1Br. The molecule has 0 aliphatic carbocycles. The van der Waals surface area contributed by atoms with Crippen LogP contribution in [0.25, 0.3) is 0 Å². The number of ketones is 1. The number of carbonyl (C=O) groups excluding carboxylic acids is 1. The van der Waals surface area contributed by atoms with Crippen LogP contribution in [-0.2, 0) is 4.79 Å². The summed E-state index contributed by atoms with van der Waals surface area (Å²) in [5, 5.41) is 8.36. The Balaban J connectivity index is 2.92. The second-order valence-electron chi connectivity index (χ2n) is 3.00. The van der Waals surface area contributed by atoms with Crippen molar-refractivity contribution in [3.05, 3.63) is 46.0 Å². The number of benzene rings is 1. The second kappa shape index (κ2) is 4.89. The molecule has 1 N–H and O–H groups in total. The lowest BCUT2D eigenvalue weighted by Gasteiger charge is -2.00. The Morgan fingerprint density at radius 3 is 2.53 bits per heavy atom. The number of aryl methyl sites for hydroxylation is 1. The maximum Gasteiger partial charge on any atom is 0.328 e. The van der Waals surface area contributed by atoms with Crippen LogP contribution in [0.15, 0.2) is 34.8 Å². The first-order valence-electron chi connectivity index (χ1n) is 4.22. The van der Waals surface area contributed by atoms with Crippen LogP contribution in [0.4, 0.5) is 0 Å². The molecular formula is C11H9BrO3. The molecule has 0 aliphatic rings. The quantitative estimate of drug-likeness (QED) is 0.677. The molecule has 4 heteroatoms.